The number of fused-ring (bicyclic) bond motifs is 1. The molecule has 0 spiro atoms. The van der Waals surface area contributed by atoms with E-state index in [4.69, 9.17) is 10.7 Å². The number of benzene rings is 1. The molecule has 0 bridgehead atoms. The molecule has 0 aliphatic heterocycles. The van der Waals surface area contributed by atoms with E-state index in [1.165, 1.54) is 11.9 Å². The van der Waals surface area contributed by atoms with Crippen LogP contribution in [0.5, 0.6) is 0 Å². The largest absolute Gasteiger partial charge is 0.383 e. The van der Waals surface area contributed by atoms with E-state index < -0.39 is 0 Å². The summed E-state index contributed by atoms with van der Waals surface area (Å²) in [5.41, 5.74) is 10.8. The summed E-state index contributed by atoms with van der Waals surface area (Å²) in [5, 5.41) is 0.794. The molecule has 1 aromatic carbocycles. The van der Waals surface area contributed by atoms with Crippen molar-refractivity contribution >= 4 is 38.6 Å². The molecule has 0 aliphatic rings. The smallest absolute Gasteiger partial charge is 0.165 e. The van der Waals surface area contributed by atoms with Gasteiger partial charge in [0.1, 0.15) is 18.0 Å². The Hall–Kier alpha value is -3.06. The van der Waals surface area contributed by atoms with Gasteiger partial charge in [0.25, 0.3) is 0 Å². The van der Waals surface area contributed by atoms with E-state index in [1.54, 1.807) is 0 Å². The van der Waals surface area contributed by atoms with Gasteiger partial charge in [-0.15, -0.1) is 0 Å². The minimum atomic E-state index is 0.0658. The summed E-state index contributed by atoms with van der Waals surface area (Å²) in [6, 6.07) is 14.4. The highest BCUT2D eigenvalue weighted by Gasteiger charge is 2.19. The number of halogens is 1. The second-order valence-electron chi connectivity index (χ2n) is 7.37. The maximum absolute atomic E-state index is 6.26. The number of rotatable bonds is 6. The van der Waals surface area contributed by atoms with Crippen LogP contribution < -0.4 is 10.6 Å². The lowest BCUT2D eigenvalue weighted by molar-refractivity contribution is 0.846. The Bertz CT molecular complexity index is 1200. The molecule has 0 saturated carbocycles. The van der Waals surface area contributed by atoms with Crippen molar-refractivity contribution in [1.29, 1.82) is 0 Å². The van der Waals surface area contributed by atoms with E-state index in [0.29, 0.717) is 11.5 Å². The molecule has 1 atom stereocenters. The van der Waals surface area contributed by atoms with Crippen molar-refractivity contribution in [3.63, 3.8) is 0 Å². The quantitative estimate of drug-likeness (QED) is 0.399. The molecule has 0 saturated heterocycles. The predicted molar refractivity (Wildman–Crippen MR) is 130 cm³/mol. The van der Waals surface area contributed by atoms with Crippen LogP contribution in [0, 0.1) is 0 Å². The zero-order valence-electron chi connectivity index (χ0n) is 17.9. The first-order valence-corrected chi connectivity index (χ1v) is 11.2. The molecule has 1 unspecified atom stereocenters. The van der Waals surface area contributed by atoms with E-state index in [-0.39, 0.29) is 5.92 Å². The first-order chi connectivity index (χ1) is 15.0. The molecule has 3 heterocycles. The van der Waals surface area contributed by atoms with Crippen molar-refractivity contribution < 1.29 is 0 Å². The van der Waals surface area contributed by atoms with Gasteiger partial charge in [-0.2, -0.15) is 0 Å². The lowest BCUT2D eigenvalue weighted by Crippen LogP contribution is -2.22. The molecule has 0 amide bonds. The van der Waals surface area contributed by atoms with Crippen molar-refractivity contribution in [3.05, 3.63) is 70.6 Å². The summed E-state index contributed by atoms with van der Waals surface area (Å²) in [5.74, 6) is 1.46. The summed E-state index contributed by atoms with van der Waals surface area (Å²) in [4.78, 5) is 20.3. The number of nitrogens with two attached hydrogens (primary N) is 1. The maximum Gasteiger partial charge on any atom is 0.165 e. The molecule has 31 heavy (non-hydrogen) atoms. The Morgan fingerprint density at radius 1 is 1.00 bits per heavy atom. The van der Waals surface area contributed by atoms with E-state index in [2.05, 4.69) is 74.8 Å². The Balaban J connectivity index is 1.86. The minimum absolute atomic E-state index is 0.0658. The Labute approximate surface area is 190 Å². The molecule has 2 N–H and O–H groups in total. The third kappa shape index (κ3) is 4.10. The number of anilines is 2. The molecule has 0 aliphatic carbocycles. The monoisotopic (exact) mass is 476 g/mol. The van der Waals surface area contributed by atoms with Gasteiger partial charge in [0.05, 0.1) is 11.1 Å². The fraction of sp³-hybridized carbons (Fsp3) is 0.250. The summed E-state index contributed by atoms with van der Waals surface area (Å²) in [7, 11) is 0. The molecule has 4 aromatic rings. The summed E-state index contributed by atoms with van der Waals surface area (Å²) in [6.07, 6.45) is 3.34. The molecular formula is C24H25BrN6. The number of nitrogens with zero attached hydrogens (tertiary/aromatic N) is 5. The van der Waals surface area contributed by atoms with Crippen LogP contribution >= 0.6 is 15.9 Å². The van der Waals surface area contributed by atoms with Crippen LogP contribution in [0.1, 0.15) is 37.8 Å². The summed E-state index contributed by atoms with van der Waals surface area (Å²) >= 11 is 3.68. The first-order valence-electron chi connectivity index (χ1n) is 10.4. The molecule has 3 aromatic heterocycles. The normalized spacial score (nSPS) is 12.1. The minimum Gasteiger partial charge on any atom is -0.383 e. The van der Waals surface area contributed by atoms with Crippen LogP contribution in [0.2, 0.25) is 0 Å². The Morgan fingerprint density at radius 2 is 1.77 bits per heavy atom. The molecule has 0 fully saturated rings. The van der Waals surface area contributed by atoms with Gasteiger partial charge in [0.2, 0.25) is 0 Å². The zero-order valence-corrected chi connectivity index (χ0v) is 19.5. The highest BCUT2D eigenvalue weighted by atomic mass is 79.9. The fourth-order valence-corrected chi connectivity index (χ4v) is 4.50. The Kier molecular flexibility index (Phi) is 6.13. The van der Waals surface area contributed by atoms with E-state index in [1.807, 2.05) is 30.5 Å². The van der Waals surface area contributed by atoms with Gasteiger partial charge in [0.15, 0.2) is 5.65 Å². The summed E-state index contributed by atoms with van der Waals surface area (Å²) in [6.45, 7) is 8.25. The molecule has 4 rings (SSSR count). The first kappa shape index (κ1) is 21.2. The van der Waals surface area contributed by atoms with Gasteiger partial charge in [-0.1, -0.05) is 41.1 Å². The van der Waals surface area contributed by atoms with Crippen LogP contribution in [0.3, 0.4) is 0 Å². The average Bonchev–Trinajstić information content (AvgIpc) is 2.80. The topological polar surface area (TPSA) is 80.8 Å². The highest BCUT2D eigenvalue weighted by molar-refractivity contribution is 9.10. The van der Waals surface area contributed by atoms with Crippen LogP contribution in [-0.2, 0) is 0 Å². The van der Waals surface area contributed by atoms with Crippen LogP contribution in [0.15, 0.2) is 59.5 Å². The second kappa shape index (κ2) is 8.98. The lowest BCUT2D eigenvalue weighted by Gasteiger charge is -2.20. The number of aromatic nitrogens is 4. The van der Waals surface area contributed by atoms with Gasteiger partial charge in [-0.3, -0.25) is 0 Å². The standard InChI is InChI=1S/C24H25BrN6/c1-4-31(5-2)21-11-10-16(13-27-21)20-12-18(15(3)17-8-6-7-9-19(17)25)22-23(26)28-14-29-24(22)30-20/h6-15H,4-5H2,1-3H3,(H2,26,28,29,30). The van der Waals surface area contributed by atoms with Gasteiger partial charge in [0, 0.05) is 35.2 Å². The second-order valence-corrected chi connectivity index (χ2v) is 8.23. The van der Waals surface area contributed by atoms with Crippen LogP contribution in [-0.4, -0.2) is 33.0 Å². The predicted octanol–water partition coefficient (Wildman–Crippen LogP) is 5.43. The van der Waals surface area contributed by atoms with Gasteiger partial charge in [-0.25, -0.2) is 19.9 Å². The van der Waals surface area contributed by atoms with E-state index in [0.717, 1.165) is 45.6 Å². The number of hydrogen-bond acceptors (Lipinski definition) is 6. The molecule has 6 nitrogen and oxygen atoms in total. The maximum atomic E-state index is 6.26. The average molecular weight is 477 g/mol. The van der Waals surface area contributed by atoms with Gasteiger partial charge in [-0.05, 0) is 49.2 Å². The highest BCUT2D eigenvalue weighted by Crippen LogP contribution is 2.37. The van der Waals surface area contributed by atoms with Crippen molar-refractivity contribution in [3.8, 4) is 11.3 Å². The summed E-state index contributed by atoms with van der Waals surface area (Å²) < 4.78 is 1.05. The van der Waals surface area contributed by atoms with Gasteiger partial charge < -0.3 is 10.6 Å². The molecule has 0 radical (unpaired) electrons. The molecular weight excluding hydrogens is 452 g/mol. The number of hydrogen-bond donors (Lipinski definition) is 1. The third-order valence-electron chi connectivity index (χ3n) is 5.63. The van der Waals surface area contributed by atoms with Crippen molar-refractivity contribution in [2.45, 2.75) is 26.7 Å². The number of pyridine rings is 2. The number of nitrogen functional groups attached to an aromatic ring is 1. The van der Waals surface area contributed by atoms with E-state index in [9.17, 15) is 0 Å². The Morgan fingerprint density at radius 3 is 2.45 bits per heavy atom. The van der Waals surface area contributed by atoms with Crippen LogP contribution in [0.4, 0.5) is 11.6 Å². The van der Waals surface area contributed by atoms with Crippen LogP contribution in [0.25, 0.3) is 22.3 Å². The lowest BCUT2D eigenvalue weighted by atomic mass is 9.90. The third-order valence-corrected chi connectivity index (χ3v) is 6.36. The van der Waals surface area contributed by atoms with Crippen molar-refractivity contribution in [2.75, 3.05) is 23.7 Å². The van der Waals surface area contributed by atoms with Gasteiger partial charge >= 0.3 is 0 Å². The molecule has 7 heteroatoms. The van der Waals surface area contributed by atoms with Crippen molar-refractivity contribution in [1.82, 2.24) is 19.9 Å². The SMILES string of the molecule is CCN(CC)c1ccc(-c2cc(C(C)c3ccccc3Br)c3c(N)ncnc3n2)cn1. The molecule has 158 valence electrons. The van der Waals surface area contributed by atoms with Crippen molar-refractivity contribution in [2.24, 2.45) is 0 Å². The zero-order chi connectivity index (χ0) is 22.0. The van der Waals surface area contributed by atoms with E-state index >= 15 is 0 Å². The fourth-order valence-electron chi connectivity index (χ4n) is 3.87.